The summed E-state index contributed by atoms with van der Waals surface area (Å²) in [6, 6.07) is 11.9. The van der Waals surface area contributed by atoms with Crippen molar-refractivity contribution in [3.05, 3.63) is 53.9 Å². The van der Waals surface area contributed by atoms with Crippen LogP contribution in [0.2, 0.25) is 0 Å². The Hall–Kier alpha value is -4.01. The number of pyridine rings is 1. The molecule has 0 atom stereocenters. The van der Waals surface area contributed by atoms with Crippen LogP contribution >= 0.6 is 0 Å². The molecule has 9 heteroatoms. The van der Waals surface area contributed by atoms with Crippen LogP contribution in [0.5, 0.6) is 11.5 Å². The fraction of sp³-hybridized carbons (Fsp3) is 0.469. The molecule has 0 N–H and O–H groups in total. The molecule has 2 aliphatic heterocycles. The predicted octanol–water partition coefficient (Wildman–Crippen LogP) is 5.65. The molecule has 0 bridgehead atoms. The second-order valence-electron chi connectivity index (χ2n) is 11.8. The molecule has 41 heavy (non-hydrogen) atoms. The highest BCUT2D eigenvalue weighted by Crippen LogP contribution is 2.44. The lowest BCUT2D eigenvalue weighted by molar-refractivity contribution is 0.0255. The van der Waals surface area contributed by atoms with Gasteiger partial charge in [0.05, 0.1) is 24.6 Å². The van der Waals surface area contributed by atoms with Gasteiger partial charge in [-0.3, -0.25) is 9.78 Å². The zero-order chi connectivity index (χ0) is 29.3. The number of carbonyl (C=O) groups excluding carboxylic acids is 2. The van der Waals surface area contributed by atoms with Crippen molar-refractivity contribution in [1.82, 2.24) is 19.4 Å². The second kappa shape index (κ2) is 11.5. The maximum atomic E-state index is 14.1. The first-order valence-corrected chi connectivity index (χ1v) is 14.4. The van der Waals surface area contributed by atoms with Gasteiger partial charge in [-0.15, -0.1) is 0 Å². The van der Waals surface area contributed by atoms with Crippen LogP contribution in [-0.2, 0) is 17.7 Å². The van der Waals surface area contributed by atoms with Gasteiger partial charge >= 0.3 is 6.09 Å². The van der Waals surface area contributed by atoms with Gasteiger partial charge in [0.1, 0.15) is 11.3 Å². The number of rotatable bonds is 5. The molecule has 9 nitrogen and oxygen atoms in total. The van der Waals surface area contributed by atoms with E-state index in [1.807, 2.05) is 75.9 Å². The summed E-state index contributed by atoms with van der Waals surface area (Å²) in [4.78, 5) is 35.0. The molecule has 5 rings (SSSR count). The molecular weight excluding hydrogens is 520 g/mol. The molecule has 0 unspecified atom stereocenters. The fourth-order valence-corrected chi connectivity index (χ4v) is 5.52. The van der Waals surface area contributed by atoms with E-state index in [4.69, 9.17) is 14.2 Å². The van der Waals surface area contributed by atoms with Crippen molar-refractivity contribution < 1.29 is 23.8 Å². The minimum atomic E-state index is -0.563. The van der Waals surface area contributed by atoms with Crippen LogP contribution in [-0.4, -0.2) is 76.3 Å². The SMILES string of the molecule is COc1cc2c(cc1OC(C)C)-c1c(-c3ccccn3)cc(C(=O)N3CCCN(C(=O)OC(C)(C)C)CC3)n1CC2. The van der Waals surface area contributed by atoms with Crippen LogP contribution in [0, 0.1) is 0 Å². The van der Waals surface area contributed by atoms with Crippen molar-refractivity contribution in [2.24, 2.45) is 0 Å². The van der Waals surface area contributed by atoms with E-state index in [0.29, 0.717) is 56.3 Å². The number of aromatic nitrogens is 2. The molecule has 218 valence electrons. The van der Waals surface area contributed by atoms with Gasteiger partial charge in [0.25, 0.3) is 5.91 Å². The van der Waals surface area contributed by atoms with Gasteiger partial charge < -0.3 is 28.6 Å². The summed E-state index contributed by atoms with van der Waals surface area (Å²) in [5.74, 6) is 1.33. The highest BCUT2D eigenvalue weighted by atomic mass is 16.6. The Morgan fingerprint density at radius 3 is 2.37 bits per heavy atom. The quantitative estimate of drug-likeness (QED) is 0.401. The van der Waals surface area contributed by atoms with Gasteiger partial charge in [0.2, 0.25) is 0 Å². The van der Waals surface area contributed by atoms with Gasteiger partial charge in [-0.2, -0.15) is 0 Å². The van der Waals surface area contributed by atoms with Gasteiger partial charge in [-0.1, -0.05) is 6.07 Å². The van der Waals surface area contributed by atoms with E-state index in [1.165, 1.54) is 0 Å². The van der Waals surface area contributed by atoms with Crippen LogP contribution in [0.15, 0.2) is 42.6 Å². The topological polar surface area (TPSA) is 86.1 Å². The maximum Gasteiger partial charge on any atom is 0.410 e. The lowest BCUT2D eigenvalue weighted by Crippen LogP contribution is -2.40. The first-order chi connectivity index (χ1) is 19.6. The number of aryl methyl sites for hydroxylation is 1. The summed E-state index contributed by atoms with van der Waals surface area (Å²) in [5, 5.41) is 0. The van der Waals surface area contributed by atoms with E-state index in [9.17, 15) is 9.59 Å². The van der Waals surface area contributed by atoms with Crippen LogP contribution in [0.3, 0.4) is 0 Å². The summed E-state index contributed by atoms with van der Waals surface area (Å²) in [6.07, 6.45) is 2.85. The molecule has 0 saturated carbocycles. The molecule has 1 fully saturated rings. The number of nitrogens with zero attached hydrogens (tertiary/aromatic N) is 4. The average Bonchev–Trinajstić information content (AvgIpc) is 3.14. The number of benzene rings is 1. The third-order valence-electron chi connectivity index (χ3n) is 7.30. The molecule has 2 aliphatic rings. The summed E-state index contributed by atoms with van der Waals surface area (Å²) in [5.41, 5.74) is 4.88. The molecule has 2 amide bonds. The van der Waals surface area contributed by atoms with E-state index in [-0.39, 0.29) is 18.1 Å². The van der Waals surface area contributed by atoms with Crippen molar-refractivity contribution in [1.29, 1.82) is 0 Å². The minimum Gasteiger partial charge on any atom is -0.493 e. The summed E-state index contributed by atoms with van der Waals surface area (Å²) in [7, 11) is 1.65. The number of methoxy groups -OCH3 is 1. The Labute approximate surface area is 242 Å². The van der Waals surface area contributed by atoms with Gasteiger partial charge in [-0.05, 0) is 83.4 Å². The average molecular weight is 561 g/mol. The fourth-order valence-electron chi connectivity index (χ4n) is 5.52. The number of amides is 2. The van der Waals surface area contributed by atoms with Crippen molar-refractivity contribution in [2.45, 2.75) is 65.7 Å². The van der Waals surface area contributed by atoms with Gasteiger partial charge in [0.15, 0.2) is 11.5 Å². The molecule has 1 saturated heterocycles. The standard InChI is InChI=1S/C32H40N4O5/c1-21(2)40-28-20-23-22(18-27(28)39-6)11-15-36-26(19-24(29(23)36)25-10-7-8-12-33-25)30(37)34-13-9-14-35(17-16-34)31(38)41-32(3,4)5/h7-8,10,12,18-21H,9,11,13-17H2,1-6H3. The van der Waals surface area contributed by atoms with E-state index in [2.05, 4.69) is 9.55 Å². The van der Waals surface area contributed by atoms with E-state index in [1.54, 1.807) is 18.2 Å². The molecule has 2 aromatic heterocycles. The lowest BCUT2D eigenvalue weighted by atomic mass is 9.94. The van der Waals surface area contributed by atoms with Crippen molar-refractivity contribution in [2.75, 3.05) is 33.3 Å². The van der Waals surface area contributed by atoms with E-state index >= 15 is 0 Å². The molecule has 1 aromatic carbocycles. The first kappa shape index (κ1) is 28.5. The summed E-state index contributed by atoms with van der Waals surface area (Å²) >= 11 is 0. The highest BCUT2D eigenvalue weighted by molar-refractivity contribution is 5.98. The number of hydrogen-bond donors (Lipinski definition) is 0. The summed E-state index contributed by atoms with van der Waals surface area (Å²) in [6.45, 7) is 12.2. The molecule has 0 spiro atoms. The van der Waals surface area contributed by atoms with Crippen LogP contribution in [0.1, 0.15) is 57.1 Å². The highest BCUT2D eigenvalue weighted by Gasteiger charge is 2.32. The lowest BCUT2D eigenvalue weighted by Gasteiger charge is -2.27. The third kappa shape index (κ3) is 6.04. The van der Waals surface area contributed by atoms with Crippen molar-refractivity contribution in [3.8, 4) is 34.0 Å². The first-order valence-electron chi connectivity index (χ1n) is 14.4. The molecule has 4 heterocycles. The largest absolute Gasteiger partial charge is 0.493 e. The van der Waals surface area contributed by atoms with Crippen molar-refractivity contribution >= 4 is 12.0 Å². The van der Waals surface area contributed by atoms with Gasteiger partial charge in [-0.25, -0.2) is 4.79 Å². The van der Waals surface area contributed by atoms with Crippen LogP contribution in [0.4, 0.5) is 4.79 Å². The zero-order valence-corrected chi connectivity index (χ0v) is 24.9. The number of hydrogen-bond acceptors (Lipinski definition) is 6. The number of fused-ring (bicyclic) bond motifs is 3. The molecule has 0 radical (unpaired) electrons. The zero-order valence-electron chi connectivity index (χ0n) is 24.9. The van der Waals surface area contributed by atoms with E-state index in [0.717, 1.165) is 34.5 Å². The van der Waals surface area contributed by atoms with Crippen molar-refractivity contribution in [3.63, 3.8) is 0 Å². The Balaban J connectivity index is 1.52. The minimum absolute atomic E-state index is 0.0204. The van der Waals surface area contributed by atoms with E-state index < -0.39 is 5.60 Å². The summed E-state index contributed by atoms with van der Waals surface area (Å²) < 4.78 is 19.5. The van der Waals surface area contributed by atoms with Crippen LogP contribution < -0.4 is 9.47 Å². The monoisotopic (exact) mass is 560 g/mol. The Morgan fingerprint density at radius 2 is 1.68 bits per heavy atom. The molecule has 0 aliphatic carbocycles. The Bertz CT molecular complexity index is 1420. The Kier molecular flexibility index (Phi) is 7.98. The molecular formula is C32H40N4O5. The Morgan fingerprint density at radius 1 is 0.927 bits per heavy atom. The van der Waals surface area contributed by atoms with Gasteiger partial charge in [0, 0.05) is 50.0 Å². The normalized spacial score (nSPS) is 15.2. The second-order valence-corrected chi connectivity index (χ2v) is 11.8. The maximum absolute atomic E-state index is 14.1. The van der Waals surface area contributed by atoms with Crippen LogP contribution in [0.25, 0.3) is 22.5 Å². The smallest absolute Gasteiger partial charge is 0.410 e. The third-order valence-corrected chi connectivity index (χ3v) is 7.30. The predicted molar refractivity (Wildman–Crippen MR) is 157 cm³/mol. The number of ether oxygens (including phenoxy) is 3. The molecule has 3 aromatic rings. The number of carbonyl (C=O) groups is 2.